The zero-order chi connectivity index (χ0) is 17.2. The second-order valence-electron chi connectivity index (χ2n) is 5.14. The number of hydrogen-bond donors (Lipinski definition) is 1. The molecule has 7 heteroatoms. The quantitative estimate of drug-likeness (QED) is 0.726. The summed E-state index contributed by atoms with van der Waals surface area (Å²) in [6.07, 6.45) is 4.20. The number of nitrogens with zero attached hydrogens (tertiary/aromatic N) is 1. The van der Waals surface area contributed by atoms with Gasteiger partial charge in [0.05, 0.1) is 15.1 Å². The van der Waals surface area contributed by atoms with E-state index < -0.39 is 9.84 Å². The minimum Gasteiger partial charge on any atom is -0.323 e. The van der Waals surface area contributed by atoms with Crippen LogP contribution >= 0.6 is 11.3 Å². The van der Waals surface area contributed by atoms with Crippen molar-refractivity contribution in [2.75, 3.05) is 11.6 Å². The maximum atomic E-state index is 11.9. The molecule has 24 heavy (non-hydrogen) atoms. The molecule has 1 amide bonds. The summed E-state index contributed by atoms with van der Waals surface area (Å²) in [6, 6.07) is 13.8. The molecule has 0 unspecified atom stereocenters. The molecule has 0 aliphatic carbocycles. The van der Waals surface area contributed by atoms with Crippen molar-refractivity contribution in [2.45, 2.75) is 4.90 Å². The monoisotopic (exact) mass is 358 g/mol. The number of hydrogen-bond acceptors (Lipinski definition) is 5. The van der Waals surface area contributed by atoms with E-state index in [-0.39, 0.29) is 10.8 Å². The first kappa shape index (κ1) is 16.4. The summed E-state index contributed by atoms with van der Waals surface area (Å²) in [5.41, 5.74) is 1.43. The van der Waals surface area contributed by atoms with Crippen molar-refractivity contribution < 1.29 is 13.2 Å². The molecule has 0 bridgehead atoms. The molecule has 1 aromatic heterocycles. The van der Waals surface area contributed by atoms with Gasteiger partial charge in [-0.15, -0.1) is 11.3 Å². The third-order valence-corrected chi connectivity index (χ3v) is 5.37. The Kier molecular flexibility index (Phi) is 4.46. The van der Waals surface area contributed by atoms with Gasteiger partial charge in [0.25, 0.3) is 0 Å². The number of carbonyl (C=O) groups excluding carboxylic acids is 1. The van der Waals surface area contributed by atoms with E-state index in [9.17, 15) is 13.2 Å². The Morgan fingerprint density at radius 2 is 1.83 bits per heavy atom. The van der Waals surface area contributed by atoms with Crippen molar-refractivity contribution >= 4 is 49.1 Å². The molecule has 0 saturated carbocycles. The Morgan fingerprint density at radius 1 is 1.12 bits per heavy atom. The molecule has 3 aromatic rings. The molecule has 0 radical (unpaired) electrons. The van der Waals surface area contributed by atoms with Gasteiger partial charge < -0.3 is 5.32 Å². The molecule has 0 fully saturated rings. The lowest BCUT2D eigenvalue weighted by Gasteiger charge is -2.03. The summed E-state index contributed by atoms with van der Waals surface area (Å²) in [5.74, 6) is -0.304. The van der Waals surface area contributed by atoms with E-state index in [1.54, 1.807) is 18.2 Å². The van der Waals surface area contributed by atoms with Crippen molar-refractivity contribution in [3.8, 4) is 0 Å². The van der Waals surface area contributed by atoms with E-state index in [0.29, 0.717) is 5.69 Å². The van der Waals surface area contributed by atoms with Crippen molar-refractivity contribution in [1.82, 2.24) is 4.98 Å². The number of carbonyl (C=O) groups is 1. The zero-order valence-electron chi connectivity index (χ0n) is 12.8. The predicted molar refractivity (Wildman–Crippen MR) is 96.8 cm³/mol. The van der Waals surface area contributed by atoms with Gasteiger partial charge in [0.2, 0.25) is 5.91 Å². The average molecular weight is 358 g/mol. The minimum atomic E-state index is -3.24. The maximum Gasteiger partial charge on any atom is 0.248 e. The average Bonchev–Trinajstić information content (AvgIpc) is 2.95. The van der Waals surface area contributed by atoms with Gasteiger partial charge in [-0.3, -0.25) is 4.79 Å². The third kappa shape index (κ3) is 3.87. The Morgan fingerprint density at radius 3 is 2.50 bits per heavy atom. The summed E-state index contributed by atoms with van der Waals surface area (Å²) >= 11 is 1.51. The highest BCUT2D eigenvalue weighted by Gasteiger charge is 2.07. The fourth-order valence-corrected chi connectivity index (χ4v) is 3.58. The van der Waals surface area contributed by atoms with E-state index in [4.69, 9.17) is 0 Å². The van der Waals surface area contributed by atoms with Gasteiger partial charge in [-0.1, -0.05) is 12.1 Å². The third-order valence-electron chi connectivity index (χ3n) is 3.24. The molecule has 0 aliphatic heterocycles. The van der Waals surface area contributed by atoms with Crippen LogP contribution in [0.1, 0.15) is 5.01 Å². The van der Waals surface area contributed by atoms with Gasteiger partial charge >= 0.3 is 0 Å². The number of para-hydroxylation sites is 1. The van der Waals surface area contributed by atoms with Crippen LogP contribution in [0.25, 0.3) is 16.3 Å². The molecule has 122 valence electrons. The van der Waals surface area contributed by atoms with E-state index >= 15 is 0 Å². The number of fused-ring (bicyclic) bond motifs is 1. The number of rotatable bonds is 4. The van der Waals surface area contributed by atoms with Crippen LogP contribution in [0.3, 0.4) is 0 Å². The molecule has 0 atom stereocenters. The standard InChI is InChI=1S/C17H14N2O3S2/c1-24(21,22)13-8-6-12(7-9-13)18-16(20)10-11-17-19-14-4-2-3-5-15(14)23-17/h2-11H,1H3,(H,18,20)/b11-10+. The largest absolute Gasteiger partial charge is 0.323 e. The number of thiazole rings is 1. The molecule has 0 aliphatic rings. The molecule has 3 rings (SSSR count). The van der Waals surface area contributed by atoms with Crippen molar-refractivity contribution in [1.29, 1.82) is 0 Å². The Labute approximate surface area is 143 Å². The van der Waals surface area contributed by atoms with E-state index in [0.717, 1.165) is 21.5 Å². The van der Waals surface area contributed by atoms with Crippen LogP contribution in [-0.2, 0) is 14.6 Å². The number of sulfone groups is 1. The van der Waals surface area contributed by atoms with Gasteiger partial charge in [0.15, 0.2) is 9.84 Å². The number of aromatic nitrogens is 1. The summed E-state index contributed by atoms with van der Waals surface area (Å²) in [4.78, 5) is 16.6. The van der Waals surface area contributed by atoms with Crippen LogP contribution in [0, 0.1) is 0 Å². The van der Waals surface area contributed by atoms with Gasteiger partial charge in [-0.25, -0.2) is 13.4 Å². The highest BCUT2D eigenvalue weighted by atomic mass is 32.2. The van der Waals surface area contributed by atoms with Crippen molar-refractivity contribution in [3.63, 3.8) is 0 Å². The van der Waals surface area contributed by atoms with Gasteiger partial charge in [0, 0.05) is 18.0 Å². The molecule has 0 saturated heterocycles. The van der Waals surface area contributed by atoms with Gasteiger partial charge in [-0.2, -0.15) is 0 Å². The van der Waals surface area contributed by atoms with E-state index in [1.165, 1.54) is 29.5 Å². The van der Waals surface area contributed by atoms with Crippen LogP contribution in [0.5, 0.6) is 0 Å². The highest BCUT2D eigenvalue weighted by molar-refractivity contribution is 7.90. The summed E-state index contributed by atoms with van der Waals surface area (Å²) in [7, 11) is -3.24. The first-order chi connectivity index (χ1) is 11.4. The Bertz CT molecular complexity index is 986. The number of nitrogens with one attached hydrogen (secondary N) is 1. The second kappa shape index (κ2) is 6.54. The first-order valence-electron chi connectivity index (χ1n) is 7.06. The topological polar surface area (TPSA) is 76.1 Å². The number of benzene rings is 2. The highest BCUT2D eigenvalue weighted by Crippen LogP contribution is 2.22. The Balaban J connectivity index is 1.68. The Hall–Kier alpha value is -2.51. The van der Waals surface area contributed by atoms with E-state index in [1.807, 2.05) is 24.3 Å². The normalized spacial score (nSPS) is 11.9. The fourth-order valence-electron chi connectivity index (χ4n) is 2.08. The molecule has 1 heterocycles. The molecular formula is C17H14N2O3S2. The van der Waals surface area contributed by atoms with E-state index in [2.05, 4.69) is 10.3 Å². The summed E-state index contributed by atoms with van der Waals surface area (Å²) in [5, 5.41) is 3.43. The van der Waals surface area contributed by atoms with Crippen LogP contribution < -0.4 is 5.32 Å². The number of anilines is 1. The predicted octanol–water partition coefficient (Wildman–Crippen LogP) is 3.35. The van der Waals surface area contributed by atoms with Gasteiger partial charge in [-0.05, 0) is 42.5 Å². The zero-order valence-corrected chi connectivity index (χ0v) is 14.4. The van der Waals surface area contributed by atoms with Crippen molar-refractivity contribution in [2.24, 2.45) is 0 Å². The molecule has 2 aromatic carbocycles. The lowest BCUT2D eigenvalue weighted by Crippen LogP contribution is -2.07. The molecule has 0 spiro atoms. The summed E-state index contributed by atoms with van der Waals surface area (Å²) in [6.45, 7) is 0. The van der Waals surface area contributed by atoms with Crippen LogP contribution in [0.15, 0.2) is 59.5 Å². The molecule has 5 nitrogen and oxygen atoms in total. The van der Waals surface area contributed by atoms with Gasteiger partial charge in [0.1, 0.15) is 5.01 Å². The fraction of sp³-hybridized carbons (Fsp3) is 0.0588. The SMILES string of the molecule is CS(=O)(=O)c1ccc(NC(=O)/C=C/c2nc3ccccc3s2)cc1. The van der Waals surface area contributed by atoms with Crippen molar-refractivity contribution in [3.05, 3.63) is 59.6 Å². The lowest BCUT2D eigenvalue weighted by molar-refractivity contribution is -0.111. The second-order valence-corrected chi connectivity index (χ2v) is 8.22. The maximum absolute atomic E-state index is 11.9. The molecule has 1 N–H and O–H groups in total. The molecular weight excluding hydrogens is 344 g/mol. The first-order valence-corrected chi connectivity index (χ1v) is 9.77. The van der Waals surface area contributed by atoms with Crippen LogP contribution in [-0.4, -0.2) is 25.6 Å². The number of amides is 1. The minimum absolute atomic E-state index is 0.213. The summed E-state index contributed by atoms with van der Waals surface area (Å²) < 4.78 is 23.9. The smallest absolute Gasteiger partial charge is 0.248 e. The lowest BCUT2D eigenvalue weighted by atomic mass is 10.3. The van der Waals surface area contributed by atoms with Crippen LogP contribution in [0.4, 0.5) is 5.69 Å². The van der Waals surface area contributed by atoms with Crippen LogP contribution in [0.2, 0.25) is 0 Å².